The summed E-state index contributed by atoms with van der Waals surface area (Å²) in [7, 11) is -1.52. The zero-order valence-electron chi connectivity index (χ0n) is 48.4. The lowest BCUT2D eigenvalue weighted by Crippen LogP contribution is -2.44. The lowest BCUT2D eigenvalue weighted by Gasteiger charge is -2.22. The fourth-order valence-electron chi connectivity index (χ4n) is 6.19. The molecule has 9 N–H and O–H groups in total. The molecular weight excluding hydrogens is 905 g/mol. The molecule has 4 aromatic rings. The van der Waals surface area contributed by atoms with Gasteiger partial charge in [-0.3, -0.25) is 37.1 Å². The summed E-state index contributed by atoms with van der Waals surface area (Å²) in [6.45, 7) is 28.7. The molecule has 412 valence electrons. The number of hydrazine groups is 3. The van der Waals surface area contributed by atoms with E-state index >= 15 is 0 Å². The highest BCUT2D eigenvalue weighted by Gasteiger charge is 2.13. The fraction of sp³-hybridized carbons (Fsp3) is 0.559. The molecule has 0 aliphatic heterocycles. The first-order chi connectivity index (χ1) is 35.3. The Hall–Kier alpha value is -3.95. The molecule has 0 aromatic heterocycles. The lowest BCUT2D eigenvalue weighted by atomic mass is 9.89. The first kappa shape index (κ1) is 75.6. The van der Waals surface area contributed by atoms with Crippen LogP contribution in [0.2, 0.25) is 20.5 Å². The van der Waals surface area contributed by atoms with E-state index in [1.165, 1.54) is 106 Å². The second kappa shape index (κ2) is 60.6. The molecule has 0 bridgehead atoms. The van der Waals surface area contributed by atoms with Gasteiger partial charge in [-0.2, -0.15) is 0 Å². The molecule has 0 unspecified atom stereocenters. The highest BCUT2D eigenvalue weighted by atomic mass is 16.2. The Kier molecular flexibility index (Phi) is 62.7. The number of nitrogens with one attached hydrogen (secondary N) is 6. The second-order valence-corrected chi connectivity index (χ2v) is 18.2. The average Bonchev–Trinajstić information content (AvgIpc) is 3.40. The summed E-state index contributed by atoms with van der Waals surface area (Å²) < 4.78 is 0. The molecule has 0 amide bonds. The van der Waals surface area contributed by atoms with Crippen LogP contribution in [0.1, 0.15) is 187 Å². The molecule has 73 heavy (non-hydrogen) atoms. The zero-order valence-corrected chi connectivity index (χ0v) is 48.4. The first-order valence-electron chi connectivity index (χ1n) is 27.9. The van der Waals surface area contributed by atoms with Crippen molar-refractivity contribution in [2.45, 2.75) is 199 Å². The van der Waals surface area contributed by atoms with E-state index in [1.54, 1.807) is 32.6 Å². The SMILES string of the molecule is CB(O)NNCC1CCCCC1.CB(O)NNCc1ccc(-c2ccccc2)cc1.CB(O)NNCc1ccccc1.CCC.CCC.CCC.CCC.CCC.O=CC1CCCCC1.O=Cc1ccccc1. The van der Waals surface area contributed by atoms with Gasteiger partial charge in [0.2, 0.25) is 0 Å². The van der Waals surface area contributed by atoms with Crippen molar-refractivity contribution in [3.8, 4) is 11.1 Å². The molecule has 14 heteroatoms. The number of carbonyl (C=O) groups is 2. The van der Waals surface area contributed by atoms with Crippen molar-refractivity contribution in [3.05, 3.63) is 132 Å². The van der Waals surface area contributed by atoms with Crippen molar-refractivity contribution in [3.63, 3.8) is 0 Å². The van der Waals surface area contributed by atoms with Gasteiger partial charge in [-0.15, -0.1) is 0 Å². The maximum Gasteiger partial charge on any atom is 0.387 e. The van der Waals surface area contributed by atoms with Crippen LogP contribution < -0.4 is 32.3 Å². The van der Waals surface area contributed by atoms with E-state index in [0.717, 1.165) is 43.4 Å². The van der Waals surface area contributed by atoms with Gasteiger partial charge < -0.3 is 19.9 Å². The maximum atomic E-state index is 10.2. The Morgan fingerprint density at radius 3 is 1.11 bits per heavy atom. The van der Waals surface area contributed by atoms with Crippen molar-refractivity contribution in [2.75, 3.05) is 6.54 Å². The molecule has 2 fully saturated rings. The van der Waals surface area contributed by atoms with E-state index in [-0.39, 0.29) is 0 Å². The van der Waals surface area contributed by atoms with Crippen LogP contribution in [0, 0.1) is 11.8 Å². The number of hydrogen-bond acceptors (Lipinski definition) is 11. The molecule has 6 rings (SSSR count). The number of aldehydes is 2. The van der Waals surface area contributed by atoms with Crippen LogP contribution in [0.25, 0.3) is 11.1 Å². The minimum Gasteiger partial charge on any atom is -0.437 e. The van der Waals surface area contributed by atoms with Crippen LogP contribution in [0.15, 0.2) is 115 Å². The average molecular weight is 1010 g/mol. The van der Waals surface area contributed by atoms with E-state index in [9.17, 15) is 9.59 Å². The first-order valence-corrected chi connectivity index (χ1v) is 27.9. The van der Waals surface area contributed by atoms with Gasteiger partial charge in [0.15, 0.2) is 0 Å². The highest BCUT2D eigenvalue weighted by molar-refractivity contribution is 6.45. The van der Waals surface area contributed by atoms with Crippen molar-refractivity contribution in [2.24, 2.45) is 11.8 Å². The second-order valence-electron chi connectivity index (χ2n) is 18.2. The van der Waals surface area contributed by atoms with Crippen LogP contribution in [0.5, 0.6) is 0 Å². The minimum absolute atomic E-state index is 0.406. The third kappa shape index (κ3) is 57.2. The molecule has 0 saturated heterocycles. The lowest BCUT2D eigenvalue weighted by molar-refractivity contribution is -0.111. The van der Waals surface area contributed by atoms with Gasteiger partial charge in [-0.05, 0) is 74.3 Å². The quantitative estimate of drug-likeness (QED) is 0.0316. The largest absolute Gasteiger partial charge is 0.437 e. The Balaban J connectivity index is -0.000000389. The van der Waals surface area contributed by atoms with Gasteiger partial charge in [-0.1, -0.05) is 255 Å². The predicted octanol–water partition coefficient (Wildman–Crippen LogP) is 13.6. The third-order valence-electron chi connectivity index (χ3n) is 9.32. The number of hydrogen-bond donors (Lipinski definition) is 9. The normalized spacial score (nSPS) is 12.1. The number of benzene rings is 4. The van der Waals surface area contributed by atoms with Gasteiger partial charge >= 0.3 is 21.2 Å². The van der Waals surface area contributed by atoms with Crippen molar-refractivity contribution < 1.29 is 24.7 Å². The summed E-state index contributed by atoms with van der Waals surface area (Å²) in [6, 6.07) is 37.8. The fourth-order valence-corrected chi connectivity index (χ4v) is 6.19. The van der Waals surface area contributed by atoms with Crippen LogP contribution in [-0.4, -0.2) is 55.3 Å². The Morgan fingerprint density at radius 2 is 0.767 bits per heavy atom. The molecule has 2 aliphatic rings. The van der Waals surface area contributed by atoms with E-state index in [2.05, 4.69) is 138 Å². The molecule has 0 spiro atoms. The van der Waals surface area contributed by atoms with E-state index < -0.39 is 21.2 Å². The summed E-state index contributed by atoms with van der Waals surface area (Å²) in [5.74, 6) is 1.22. The van der Waals surface area contributed by atoms with Crippen molar-refractivity contribution in [1.82, 2.24) is 32.3 Å². The maximum absolute atomic E-state index is 10.2. The Bertz CT molecular complexity index is 1630. The van der Waals surface area contributed by atoms with Gasteiger partial charge in [0.05, 0.1) is 0 Å². The summed E-state index contributed by atoms with van der Waals surface area (Å²) in [5, 5.41) is 35.1. The molecular formula is C59H107B3N6O5. The zero-order chi connectivity index (χ0) is 55.6. The van der Waals surface area contributed by atoms with E-state index in [0.29, 0.717) is 19.0 Å². The number of rotatable bonds is 15. The molecule has 2 saturated carbocycles. The summed E-state index contributed by atoms with van der Waals surface area (Å²) in [5.41, 5.74) is 14.4. The molecule has 0 radical (unpaired) electrons. The molecule has 2 aliphatic carbocycles. The standard InChI is InChI=1S/C14H17BN2O.C8H19BN2O.C8H13BN2O.C7H12O.C7H6O.5C3H8/c1-15(18)17-16-11-12-7-9-14(10-8-12)13-5-3-2-4-6-13;2*1-9(12)11-10-7-8-5-3-2-4-6-8;2*8-6-7-4-2-1-3-5-7;5*1-3-2/h2-10,16-18H,11H2,1H3;8,10-12H,2-7H2,1H3;2-6,10-12H,7H2,1H3;6-7H,1-5H2;1-6H;5*3H2,1-2H3. The van der Waals surface area contributed by atoms with Crippen LogP contribution in [0.4, 0.5) is 0 Å². The Labute approximate surface area is 449 Å². The van der Waals surface area contributed by atoms with Gasteiger partial charge in [0, 0.05) is 31.1 Å². The molecule has 0 atom stereocenters. The van der Waals surface area contributed by atoms with E-state index in [4.69, 9.17) is 15.1 Å². The monoisotopic (exact) mass is 1010 g/mol. The highest BCUT2D eigenvalue weighted by Crippen LogP contribution is 2.23. The molecule has 0 heterocycles. The summed E-state index contributed by atoms with van der Waals surface area (Å²) in [4.78, 5) is 20.2. The van der Waals surface area contributed by atoms with Crippen molar-refractivity contribution >= 4 is 33.7 Å². The topological polar surface area (TPSA) is 167 Å². The van der Waals surface area contributed by atoms with Crippen LogP contribution >= 0.6 is 0 Å². The van der Waals surface area contributed by atoms with Crippen LogP contribution in [0.3, 0.4) is 0 Å². The smallest absolute Gasteiger partial charge is 0.387 e. The Morgan fingerprint density at radius 1 is 0.438 bits per heavy atom. The molecule has 4 aromatic carbocycles. The van der Waals surface area contributed by atoms with Crippen molar-refractivity contribution in [1.29, 1.82) is 0 Å². The van der Waals surface area contributed by atoms with Gasteiger partial charge in [-0.25, -0.2) is 0 Å². The van der Waals surface area contributed by atoms with Crippen LogP contribution in [-0.2, 0) is 17.9 Å². The molecule has 11 nitrogen and oxygen atoms in total. The summed E-state index contributed by atoms with van der Waals surface area (Å²) >= 11 is 0. The summed E-state index contributed by atoms with van der Waals surface area (Å²) in [6.07, 6.45) is 21.2. The van der Waals surface area contributed by atoms with E-state index in [1.807, 2.05) is 66.7 Å². The van der Waals surface area contributed by atoms with Gasteiger partial charge in [0.25, 0.3) is 0 Å². The minimum atomic E-state index is -0.548. The number of carbonyl (C=O) groups excluding carboxylic acids is 2. The van der Waals surface area contributed by atoms with Gasteiger partial charge in [0.1, 0.15) is 12.6 Å². The predicted molar refractivity (Wildman–Crippen MR) is 322 cm³/mol. The third-order valence-corrected chi connectivity index (χ3v) is 9.32.